The molecule has 4 heteroatoms. The first-order chi connectivity index (χ1) is 10.5. The summed E-state index contributed by atoms with van der Waals surface area (Å²) in [6.07, 6.45) is 0. The van der Waals surface area contributed by atoms with Crippen LogP contribution in [0.25, 0.3) is 10.9 Å². The van der Waals surface area contributed by atoms with Crippen LogP contribution in [-0.4, -0.2) is 10.9 Å². The fraction of sp³-hybridized carbons (Fsp3) is 0.111. The first-order valence-electron chi connectivity index (χ1n) is 7.04. The molecule has 0 aliphatic heterocycles. The van der Waals surface area contributed by atoms with Crippen LogP contribution in [0.1, 0.15) is 21.5 Å². The van der Waals surface area contributed by atoms with Crippen molar-refractivity contribution in [3.05, 3.63) is 75.6 Å². The summed E-state index contributed by atoms with van der Waals surface area (Å²) in [7, 11) is 0. The van der Waals surface area contributed by atoms with Gasteiger partial charge in [0.2, 0.25) is 5.56 Å². The normalized spacial score (nSPS) is 10.6. The van der Waals surface area contributed by atoms with Gasteiger partial charge in [-0.3, -0.25) is 9.59 Å². The van der Waals surface area contributed by atoms with Crippen LogP contribution in [0, 0.1) is 13.8 Å². The molecule has 110 valence electrons. The maximum atomic E-state index is 12.3. The van der Waals surface area contributed by atoms with Crippen LogP contribution < -0.4 is 10.9 Å². The Morgan fingerprint density at radius 3 is 2.64 bits per heavy atom. The molecule has 0 spiro atoms. The van der Waals surface area contributed by atoms with E-state index in [0.29, 0.717) is 11.3 Å². The largest absolute Gasteiger partial charge is 0.322 e. The molecule has 0 aliphatic rings. The van der Waals surface area contributed by atoms with Gasteiger partial charge < -0.3 is 10.3 Å². The van der Waals surface area contributed by atoms with Gasteiger partial charge in [-0.05, 0) is 49.7 Å². The number of anilines is 1. The fourth-order valence-corrected chi connectivity index (χ4v) is 2.49. The number of H-pyrrole nitrogens is 1. The lowest BCUT2D eigenvalue weighted by Crippen LogP contribution is -2.12. The molecule has 4 nitrogen and oxygen atoms in total. The number of pyridine rings is 1. The number of carbonyl (C=O) groups excluding carboxylic acids is 1. The number of carbonyl (C=O) groups is 1. The van der Waals surface area contributed by atoms with E-state index in [1.54, 1.807) is 24.3 Å². The Bertz CT molecular complexity index is 926. The summed E-state index contributed by atoms with van der Waals surface area (Å²) < 4.78 is 0. The van der Waals surface area contributed by atoms with Crippen molar-refractivity contribution < 1.29 is 4.79 Å². The number of amides is 1. The van der Waals surface area contributed by atoms with Crippen molar-refractivity contribution in [2.75, 3.05) is 5.32 Å². The molecule has 2 N–H and O–H groups in total. The molecule has 0 radical (unpaired) electrons. The zero-order valence-corrected chi connectivity index (χ0v) is 12.4. The zero-order chi connectivity index (χ0) is 15.7. The van der Waals surface area contributed by atoms with Crippen molar-refractivity contribution in [1.82, 2.24) is 4.98 Å². The van der Waals surface area contributed by atoms with E-state index in [2.05, 4.69) is 10.3 Å². The highest BCUT2D eigenvalue weighted by Gasteiger charge is 2.07. The number of nitrogens with one attached hydrogen (secondary N) is 2. The van der Waals surface area contributed by atoms with E-state index in [9.17, 15) is 9.59 Å². The summed E-state index contributed by atoms with van der Waals surface area (Å²) in [5, 5.41) is 3.81. The van der Waals surface area contributed by atoms with Crippen LogP contribution >= 0.6 is 0 Å². The first-order valence-corrected chi connectivity index (χ1v) is 7.04. The Morgan fingerprint density at radius 2 is 1.86 bits per heavy atom. The average molecular weight is 292 g/mol. The molecule has 3 rings (SSSR count). The van der Waals surface area contributed by atoms with Crippen LogP contribution in [0.4, 0.5) is 5.69 Å². The molecular weight excluding hydrogens is 276 g/mol. The van der Waals surface area contributed by atoms with Crippen LogP contribution in [0.2, 0.25) is 0 Å². The molecule has 1 heterocycles. The van der Waals surface area contributed by atoms with Gasteiger partial charge in [0.15, 0.2) is 0 Å². The third kappa shape index (κ3) is 2.76. The topological polar surface area (TPSA) is 62.0 Å². The molecule has 0 saturated heterocycles. The number of aromatic amines is 1. The summed E-state index contributed by atoms with van der Waals surface area (Å²) in [5.74, 6) is -0.148. The Labute approximate surface area is 127 Å². The van der Waals surface area contributed by atoms with Crippen molar-refractivity contribution >= 4 is 22.5 Å². The van der Waals surface area contributed by atoms with E-state index in [1.807, 2.05) is 38.1 Å². The zero-order valence-electron chi connectivity index (χ0n) is 12.4. The predicted molar refractivity (Wildman–Crippen MR) is 88.4 cm³/mol. The molecule has 0 aliphatic carbocycles. The molecule has 0 saturated carbocycles. The van der Waals surface area contributed by atoms with Crippen molar-refractivity contribution in [3.63, 3.8) is 0 Å². The number of aromatic nitrogens is 1. The van der Waals surface area contributed by atoms with Gasteiger partial charge >= 0.3 is 0 Å². The van der Waals surface area contributed by atoms with Gasteiger partial charge in [0.1, 0.15) is 0 Å². The number of rotatable bonds is 2. The Balaban J connectivity index is 1.94. The van der Waals surface area contributed by atoms with E-state index < -0.39 is 0 Å². The van der Waals surface area contributed by atoms with E-state index >= 15 is 0 Å². The molecule has 2 aromatic carbocycles. The van der Waals surface area contributed by atoms with Gasteiger partial charge in [-0.2, -0.15) is 0 Å². The SMILES string of the molecule is Cc1cccc(C(=O)Nc2ccc3[nH]c(=O)cc(C)c3c2)c1. The van der Waals surface area contributed by atoms with Crippen molar-refractivity contribution in [1.29, 1.82) is 0 Å². The highest BCUT2D eigenvalue weighted by molar-refractivity contribution is 6.05. The Kier molecular flexibility index (Phi) is 3.51. The summed E-state index contributed by atoms with van der Waals surface area (Å²) in [6, 6.07) is 14.4. The van der Waals surface area contributed by atoms with Crippen LogP contribution in [0.15, 0.2) is 53.3 Å². The predicted octanol–water partition coefficient (Wildman–Crippen LogP) is 3.40. The molecule has 3 aromatic rings. The first kappa shape index (κ1) is 14.1. The van der Waals surface area contributed by atoms with Gasteiger partial charge in [-0.15, -0.1) is 0 Å². The van der Waals surface area contributed by atoms with Crippen molar-refractivity contribution in [2.45, 2.75) is 13.8 Å². The number of hydrogen-bond acceptors (Lipinski definition) is 2. The number of benzene rings is 2. The Morgan fingerprint density at radius 1 is 1.05 bits per heavy atom. The Hall–Kier alpha value is -2.88. The maximum absolute atomic E-state index is 12.3. The van der Waals surface area contributed by atoms with E-state index in [-0.39, 0.29) is 11.5 Å². The molecule has 0 unspecified atom stereocenters. The van der Waals surface area contributed by atoms with Crippen LogP contribution in [-0.2, 0) is 0 Å². The third-order valence-corrected chi connectivity index (χ3v) is 3.59. The standard InChI is InChI=1S/C18H16N2O2/c1-11-4-3-5-13(8-11)18(22)19-14-6-7-16-15(10-14)12(2)9-17(21)20-16/h3-10H,1-2H3,(H,19,22)(H,20,21). The summed E-state index contributed by atoms with van der Waals surface area (Å²) in [5.41, 5.74) is 3.89. The molecule has 1 amide bonds. The van der Waals surface area contributed by atoms with Crippen molar-refractivity contribution in [3.8, 4) is 0 Å². The highest BCUT2D eigenvalue weighted by atomic mass is 16.1. The van der Waals surface area contributed by atoms with Gasteiger partial charge in [0, 0.05) is 28.2 Å². The summed E-state index contributed by atoms with van der Waals surface area (Å²) in [4.78, 5) is 26.5. The van der Waals surface area contributed by atoms with E-state index in [4.69, 9.17) is 0 Å². The molecule has 0 atom stereocenters. The van der Waals surface area contributed by atoms with Gasteiger partial charge in [-0.25, -0.2) is 0 Å². The van der Waals surface area contributed by atoms with Crippen LogP contribution in [0.3, 0.4) is 0 Å². The molecule has 0 fully saturated rings. The van der Waals surface area contributed by atoms with Gasteiger partial charge in [0.25, 0.3) is 5.91 Å². The average Bonchev–Trinajstić information content (AvgIpc) is 2.48. The van der Waals surface area contributed by atoms with Gasteiger partial charge in [-0.1, -0.05) is 17.7 Å². The lowest BCUT2D eigenvalue weighted by atomic mass is 10.1. The quantitative estimate of drug-likeness (QED) is 0.760. The maximum Gasteiger partial charge on any atom is 0.255 e. The van der Waals surface area contributed by atoms with E-state index in [1.165, 1.54) is 0 Å². The monoisotopic (exact) mass is 292 g/mol. The second-order valence-corrected chi connectivity index (χ2v) is 5.40. The number of hydrogen-bond donors (Lipinski definition) is 2. The van der Waals surface area contributed by atoms with E-state index in [0.717, 1.165) is 22.0 Å². The van der Waals surface area contributed by atoms with Crippen LogP contribution in [0.5, 0.6) is 0 Å². The molecule has 1 aromatic heterocycles. The molecule has 0 bridgehead atoms. The number of fused-ring (bicyclic) bond motifs is 1. The molecular formula is C18H16N2O2. The second kappa shape index (κ2) is 5.48. The third-order valence-electron chi connectivity index (χ3n) is 3.59. The lowest BCUT2D eigenvalue weighted by Gasteiger charge is -2.08. The second-order valence-electron chi connectivity index (χ2n) is 5.40. The minimum atomic E-state index is -0.148. The summed E-state index contributed by atoms with van der Waals surface area (Å²) >= 11 is 0. The minimum Gasteiger partial charge on any atom is -0.322 e. The smallest absolute Gasteiger partial charge is 0.255 e. The number of aryl methyl sites for hydroxylation is 2. The minimum absolute atomic E-state index is 0.124. The highest BCUT2D eigenvalue weighted by Crippen LogP contribution is 2.20. The van der Waals surface area contributed by atoms with Gasteiger partial charge in [0.05, 0.1) is 0 Å². The van der Waals surface area contributed by atoms with Crippen molar-refractivity contribution in [2.24, 2.45) is 0 Å². The summed E-state index contributed by atoms with van der Waals surface area (Å²) in [6.45, 7) is 3.83. The lowest BCUT2D eigenvalue weighted by molar-refractivity contribution is 0.102. The molecule has 22 heavy (non-hydrogen) atoms. The fourth-order valence-electron chi connectivity index (χ4n) is 2.49.